The zero-order valence-electron chi connectivity index (χ0n) is 8.88. The minimum Gasteiger partial charge on any atom is -0.508 e. The summed E-state index contributed by atoms with van der Waals surface area (Å²) in [5.41, 5.74) is 1.02. The van der Waals surface area contributed by atoms with Crippen molar-refractivity contribution >= 4 is 0 Å². The molecule has 3 heteroatoms. The summed E-state index contributed by atoms with van der Waals surface area (Å²) in [6, 6.07) is 7.12. The molecule has 0 bridgehead atoms. The van der Waals surface area contributed by atoms with Gasteiger partial charge in [-0.05, 0) is 24.3 Å². The monoisotopic (exact) mass is 202 g/mol. The molecule has 15 heavy (non-hydrogen) atoms. The van der Waals surface area contributed by atoms with Crippen molar-refractivity contribution in [2.45, 2.75) is 19.8 Å². The molecule has 2 rings (SSSR count). The van der Waals surface area contributed by atoms with E-state index in [1.165, 1.54) is 0 Å². The lowest BCUT2D eigenvalue weighted by Crippen LogP contribution is -2.01. The van der Waals surface area contributed by atoms with E-state index >= 15 is 0 Å². The Hall–Kier alpha value is -1.77. The number of aromatic hydroxyl groups is 1. The van der Waals surface area contributed by atoms with Crippen molar-refractivity contribution in [3.8, 4) is 11.4 Å². The van der Waals surface area contributed by atoms with Crippen molar-refractivity contribution in [1.82, 2.24) is 9.55 Å². The Morgan fingerprint density at radius 2 is 1.87 bits per heavy atom. The highest BCUT2D eigenvalue weighted by Gasteiger charge is 2.08. The smallest absolute Gasteiger partial charge is 0.115 e. The number of phenols is 1. The van der Waals surface area contributed by atoms with Crippen molar-refractivity contribution in [3.05, 3.63) is 42.5 Å². The second-order valence-corrected chi connectivity index (χ2v) is 3.83. The molecule has 0 aliphatic heterocycles. The van der Waals surface area contributed by atoms with Crippen LogP contribution in [0.15, 0.2) is 36.7 Å². The van der Waals surface area contributed by atoms with Crippen molar-refractivity contribution in [1.29, 1.82) is 0 Å². The molecule has 0 aliphatic rings. The van der Waals surface area contributed by atoms with Gasteiger partial charge in [-0.25, -0.2) is 4.98 Å². The van der Waals surface area contributed by atoms with Crippen LogP contribution in [-0.2, 0) is 0 Å². The Kier molecular flexibility index (Phi) is 2.46. The molecular weight excluding hydrogens is 188 g/mol. The summed E-state index contributed by atoms with van der Waals surface area (Å²) in [5, 5.41) is 9.21. The summed E-state index contributed by atoms with van der Waals surface area (Å²) in [6.45, 7) is 4.22. The van der Waals surface area contributed by atoms with Crippen LogP contribution in [0.1, 0.15) is 25.6 Å². The van der Waals surface area contributed by atoms with Crippen LogP contribution in [0, 0.1) is 0 Å². The molecule has 3 nitrogen and oxygen atoms in total. The zero-order valence-corrected chi connectivity index (χ0v) is 8.88. The SMILES string of the molecule is CC(C)c1nccn1-c1ccc(O)cc1. The maximum absolute atomic E-state index is 9.21. The van der Waals surface area contributed by atoms with E-state index in [2.05, 4.69) is 18.8 Å². The Balaban J connectivity index is 2.45. The summed E-state index contributed by atoms with van der Waals surface area (Å²) in [4.78, 5) is 4.31. The Labute approximate surface area is 89.0 Å². The second kappa shape index (κ2) is 3.77. The van der Waals surface area contributed by atoms with E-state index < -0.39 is 0 Å². The molecule has 78 valence electrons. The molecule has 0 fully saturated rings. The second-order valence-electron chi connectivity index (χ2n) is 3.83. The number of benzene rings is 1. The van der Waals surface area contributed by atoms with Gasteiger partial charge in [-0.15, -0.1) is 0 Å². The first-order valence-corrected chi connectivity index (χ1v) is 5.01. The van der Waals surface area contributed by atoms with E-state index in [-0.39, 0.29) is 5.75 Å². The molecule has 0 aliphatic carbocycles. The van der Waals surface area contributed by atoms with Crippen LogP contribution in [0.2, 0.25) is 0 Å². The van der Waals surface area contributed by atoms with Crippen molar-refractivity contribution in [2.24, 2.45) is 0 Å². The van der Waals surface area contributed by atoms with Gasteiger partial charge in [0.15, 0.2) is 0 Å². The summed E-state index contributed by atoms with van der Waals surface area (Å²) in [7, 11) is 0. The Bertz CT molecular complexity index is 443. The Morgan fingerprint density at radius 3 is 2.47 bits per heavy atom. The minimum absolute atomic E-state index is 0.282. The van der Waals surface area contributed by atoms with Crippen molar-refractivity contribution < 1.29 is 5.11 Å². The normalized spacial score (nSPS) is 10.9. The molecule has 0 unspecified atom stereocenters. The fraction of sp³-hybridized carbons (Fsp3) is 0.250. The number of aromatic nitrogens is 2. The summed E-state index contributed by atoms with van der Waals surface area (Å²) < 4.78 is 2.03. The maximum Gasteiger partial charge on any atom is 0.115 e. The number of imidazole rings is 1. The first-order valence-electron chi connectivity index (χ1n) is 5.01. The molecule has 0 saturated heterocycles. The molecular formula is C12H14N2O. The minimum atomic E-state index is 0.282. The predicted molar refractivity (Wildman–Crippen MR) is 59.3 cm³/mol. The van der Waals surface area contributed by atoms with Crippen LogP contribution < -0.4 is 0 Å². The fourth-order valence-corrected chi connectivity index (χ4v) is 1.57. The Morgan fingerprint density at radius 1 is 1.20 bits per heavy atom. The van der Waals surface area contributed by atoms with E-state index in [4.69, 9.17) is 0 Å². The average molecular weight is 202 g/mol. The van der Waals surface area contributed by atoms with Crippen molar-refractivity contribution in [2.75, 3.05) is 0 Å². The van der Waals surface area contributed by atoms with Gasteiger partial charge in [-0.2, -0.15) is 0 Å². The van der Waals surface area contributed by atoms with Gasteiger partial charge in [0, 0.05) is 24.0 Å². The molecule has 0 radical (unpaired) electrons. The number of nitrogens with zero attached hydrogens (tertiary/aromatic N) is 2. The first kappa shape index (κ1) is 9.77. The predicted octanol–water partition coefficient (Wildman–Crippen LogP) is 2.70. The van der Waals surface area contributed by atoms with Gasteiger partial charge in [-0.3, -0.25) is 0 Å². The lowest BCUT2D eigenvalue weighted by Gasteiger charge is -2.10. The van der Waals surface area contributed by atoms with E-state index in [0.717, 1.165) is 11.5 Å². The van der Waals surface area contributed by atoms with Gasteiger partial charge in [-0.1, -0.05) is 13.8 Å². The highest BCUT2D eigenvalue weighted by molar-refractivity contribution is 5.38. The molecule has 0 saturated carbocycles. The highest BCUT2D eigenvalue weighted by Crippen LogP contribution is 2.19. The number of phenolic OH excluding ortho intramolecular Hbond substituents is 1. The zero-order chi connectivity index (χ0) is 10.8. The van der Waals surface area contributed by atoms with Crippen LogP contribution in [0.25, 0.3) is 5.69 Å². The molecule has 1 aromatic heterocycles. The van der Waals surface area contributed by atoms with Gasteiger partial charge in [0.05, 0.1) is 0 Å². The van der Waals surface area contributed by atoms with Crippen LogP contribution in [0.4, 0.5) is 0 Å². The van der Waals surface area contributed by atoms with Gasteiger partial charge >= 0.3 is 0 Å². The average Bonchev–Trinajstić information content (AvgIpc) is 2.67. The van der Waals surface area contributed by atoms with Crippen LogP contribution in [0.3, 0.4) is 0 Å². The summed E-state index contributed by atoms with van der Waals surface area (Å²) in [5.74, 6) is 1.69. The van der Waals surface area contributed by atoms with Crippen LogP contribution >= 0.6 is 0 Å². The number of rotatable bonds is 2. The molecule has 0 atom stereocenters. The molecule has 1 heterocycles. The number of hydrogen-bond acceptors (Lipinski definition) is 2. The third-order valence-corrected chi connectivity index (χ3v) is 2.31. The molecule has 0 spiro atoms. The molecule has 0 amide bonds. The largest absolute Gasteiger partial charge is 0.508 e. The summed E-state index contributed by atoms with van der Waals surface area (Å²) in [6.07, 6.45) is 3.73. The highest BCUT2D eigenvalue weighted by atomic mass is 16.3. The van der Waals surface area contributed by atoms with Crippen LogP contribution in [0.5, 0.6) is 5.75 Å². The summed E-state index contributed by atoms with van der Waals surface area (Å²) >= 11 is 0. The lowest BCUT2D eigenvalue weighted by molar-refractivity contribution is 0.475. The van der Waals surface area contributed by atoms with E-state index in [9.17, 15) is 5.11 Å². The molecule has 2 aromatic rings. The van der Waals surface area contributed by atoms with Gasteiger partial charge in [0.1, 0.15) is 11.6 Å². The van der Waals surface area contributed by atoms with Gasteiger partial charge in [0.2, 0.25) is 0 Å². The van der Waals surface area contributed by atoms with Crippen molar-refractivity contribution in [3.63, 3.8) is 0 Å². The first-order chi connectivity index (χ1) is 7.18. The van der Waals surface area contributed by atoms with E-state index in [0.29, 0.717) is 5.92 Å². The lowest BCUT2D eigenvalue weighted by atomic mass is 10.2. The molecule has 1 aromatic carbocycles. The fourth-order valence-electron chi connectivity index (χ4n) is 1.57. The van der Waals surface area contributed by atoms with Crippen LogP contribution in [-0.4, -0.2) is 14.7 Å². The van der Waals surface area contributed by atoms with E-state index in [1.807, 2.05) is 22.9 Å². The third-order valence-electron chi connectivity index (χ3n) is 2.31. The quantitative estimate of drug-likeness (QED) is 0.813. The standard InChI is InChI=1S/C12H14N2O/c1-9(2)12-13-7-8-14(12)10-3-5-11(15)6-4-10/h3-9,15H,1-2H3. The van der Waals surface area contributed by atoms with Gasteiger partial charge in [0.25, 0.3) is 0 Å². The van der Waals surface area contributed by atoms with E-state index in [1.54, 1.807) is 18.3 Å². The van der Waals surface area contributed by atoms with Gasteiger partial charge < -0.3 is 9.67 Å². The third kappa shape index (κ3) is 1.86. The molecule has 1 N–H and O–H groups in total. The number of hydrogen-bond donors (Lipinski definition) is 1. The topological polar surface area (TPSA) is 38.0 Å². The maximum atomic E-state index is 9.21.